The van der Waals surface area contributed by atoms with Gasteiger partial charge in [-0.25, -0.2) is 4.98 Å². The van der Waals surface area contributed by atoms with E-state index in [9.17, 15) is 4.79 Å². The Kier molecular flexibility index (Phi) is 6.78. The zero-order valence-electron chi connectivity index (χ0n) is 14.0. The third-order valence-electron chi connectivity index (χ3n) is 4.50. The van der Waals surface area contributed by atoms with Crippen LogP contribution in [0.15, 0.2) is 30.5 Å². The predicted molar refractivity (Wildman–Crippen MR) is 102 cm³/mol. The van der Waals surface area contributed by atoms with Gasteiger partial charge >= 0.3 is 0 Å². The van der Waals surface area contributed by atoms with Crippen molar-refractivity contribution in [2.75, 3.05) is 18.4 Å². The molecule has 24 heavy (non-hydrogen) atoms. The third kappa shape index (κ3) is 4.56. The lowest BCUT2D eigenvalue weighted by atomic mass is 9.88. The van der Waals surface area contributed by atoms with Gasteiger partial charge in [-0.15, -0.1) is 23.7 Å². The molecule has 1 aromatic heterocycles. The van der Waals surface area contributed by atoms with Gasteiger partial charge in [-0.2, -0.15) is 0 Å². The average Bonchev–Trinajstić information content (AvgIpc) is 2.92. The first-order valence-electron chi connectivity index (χ1n) is 8.19. The standard InChI is InChI=1S/C18H23N3OS.ClH/c1-3-13-5-4-6-14(7-13)8-16-11-20-18(23-16)21-17(22)12(2)15-9-19-10-15;/h4-7,11-12,15,19H,3,8-10H2,1-2H3,(H,20,21,22);1H. The minimum atomic E-state index is 0. The highest BCUT2D eigenvalue weighted by Gasteiger charge is 2.29. The zero-order chi connectivity index (χ0) is 16.2. The number of aromatic nitrogens is 1. The number of hydrogen-bond acceptors (Lipinski definition) is 4. The van der Waals surface area contributed by atoms with Crippen molar-refractivity contribution >= 4 is 34.8 Å². The number of halogens is 1. The van der Waals surface area contributed by atoms with Crippen LogP contribution in [0.1, 0.15) is 29.9 Å². The summed E-state index contributed by atoms with van der Waals surface area (Å²) in [5, 5.41) is 6.87. The first kappa shape index (κ1) is 18.9. The van der Waals surface area contributed by atoms with Crippen molar-refractivity contribution in [2.45, 2.75) is 26.7 Å². The molecule has 1 aliphatic rings. The summed E-state index contributed by atoms with van der Waals surface area (Å²) in [4.78, 5) is 17.7. The maximum absolute atomic E-state index is 12.2. The van der Waals surface area contributed by atoms with Crippen molar-refractivity contribution in [3.05, 3.63) is 46.5 Å². The van der Waals surface area contributed by atoms with Gasteiger partial charge in [0.15, 0.2) is 5.13 Å². The van der Waals surface area contributed by atoms with Gasteiger partial charge in [0, 0.05) is 23.4 Å². The molecule has 0 saturated carbocycles. The van der Waals surface area contributed by atoms with E-state index in [1.807, 2.05) is 13.1 Å². The van der Waals surface area contributed by atoms with E-state index in [1.54, 1.807) is 11.3 Å². The molecule has 3 rings (SSSR count). The van der Waals surface area contributed by atoms with Crippen molar-refractivity contribution in [3.8, 4) is 0 Å². The van der Waals surface area contributed by atoms with Crippen molar-refractivity contribution in [1.82, 2.24) is 10.3 Å². The number of rotatable bonds is 6. The van der Waals surface area contributed by atoms with Gasteiger partial charge in [0.2, 0.25) is 5.91 Å². The number of hydrogen-bond donors (Lipinski definition) is 2. The van der Waals surface area contributed by atoms with Crippen LogP contribution < -0.4 is 10.6 Å². The zero-order valence-corrected chi connectivity index (χ0v) is 15.7. The van der Waals surface area contributed by atoms with Gasteiger partial charge < -0.3 is 10.6 Å². The van der Waals surface area contributed by atoms with E-state index < -0.39 is 0 Å². The molecular formula is C18H24ClN3OS. The van der Waals surface area contributed by atoms with Gasteiger partial charge in [-0.3, -0.25) is 4.79 Å². The Hall–Kier alpha value is -1.43. The second-order valence-electron chi connectivity index (χ2n) is 6.18. The van der Waals surface area contributed by atoms with E-state index in [0.29, 0.717) is 11.0 Å². The van der Waals surface area contributed by atoms with Crippen molar-refractivity contribution < 1.29 is 4.79 Å². The molecule has 1 saturated heterocycles. The van der Waals surface area contributed by atoms with Crippen LogP contribution in [0.4, 0.5) is 5.13 Å². The summed E-state index contributed by atoms with van der Waals surface area (Å²) >= 11 is 1.57. The van der Waals surface area contributed by atoms with Crippen LogP contribution in [0, 0.1) is 11.8 Å². The predicted octanol–water partition coefficient (Wildman–Crippen LogP) is 3.51. The van der Waals surface area contributed by atoms with Gasteiger partial charge in [-0.05, 0) is 36.6 Å². The average molecular weight is 366 g/mol. The van der Waals surface area contributed by atoms with E-state index in [1.165, 1.54) is 16.0 Å². The molecule has 1 amide bonds. The molecule has 130 valence electrons. The Balaban J connectivity index is 0.00000208. The number of carbonyl (C=O) groups excluding carboxylic acids is 1. The van der Waals surface area contributed by atoms with Gasteiger partial charge in [0.25, 0.3) is 0 Å². The maximum Gasteiger partial charge on any atom is 0.229 e. The SMILES string of the molecule is CCc1cccc(Cc2cnc(NC(=O)C(C)C3CNC3)s2)c1.Cl. The van der Waals surface area contributed by atoms with E-state index in [4.69, 9.17) is 0 Å². The van der Waals surface area contributed by atoms with E-state index >= 15 is 0 Å². The van der Waals surface area contributed by atoms with Crippen LogP contribution in [0.5, 0.6) is 0 Å². The molecular weight excluding hydrogens is 342 g/mol. The molecule has 0 spiro atoms. The van der Waals surface area contributed by atoms with Gasteiger partial charge in [0.1, 0.15) is 0 Å². The van der Waals surface area contributed by atoms with Crippen LogP contribution in [-0.4, -0.2) is 24.0 Å². The highest BCUT2D eigenvalue weighted by Crippen LogP contribution is 2.24. The van der Waals surface area contributed by atoms with Crippen LogP contribution in [0.3, 0.4) is 0 Å². The normalized spacial score (nSPS) is 15.2. The number of amides is 1. The summed E-state index contributed by atoms with van der Waals surface area (Å²) in [5.74, 6) is 0.557. The molecule has 0 bridgehead atoms. The Morgan fingerprint density at radius 2 is 2.17 bits per heavy atom. The topological polar surface area (TPSA) is 54.0 Å². The summed E-state index contributed by atoms with van der Waals surface area (Å²) in [5.41, 5.74) is 2.64. The van der Waals surface area contributed by atoms with Crippen LogP contribution in [0.2, 0.25) is 0 Å². The van der Waals surface area contributed by atoms with Crippen LogP contribution >= 0.6 is 23.7 Å². The lowest BCUT2D eigenvalue weighted by Gasteiger charge is -2.31. The molecule has 1 aromatic carbocycles. The monoisotopic (exact) mass is 365 g/mol. The summed E-state index contributed by atoms with van der Waals surface area (Å²) in [6.45, 7) is 6.03. The number of nitrogens with one attached hydrogen (secondary N) is 2. The summed E-state index contributed by atoms with van der Waals surface area (Å²) < 4.78 is 0. The van der Waals surface area contributed by atoms with Gasteiger partial charge in [0.05, 0.1) is 0 Å². The fourth-order valence-corrected chi connectivity index (χ4v) is 3.56. The number of thiazole rings is 1. The Labute approximate surface area is 153 Å². The number of carbonyl (C=O) groups is 1. The smallest absolute Gasteiger partial charge is 0.229 e. The minimum Gasteiger partial charge on any atom is -0.316 e. The van der Waals surface area contributed by atoms with E-state index in [0.717, 1.165) is 25.9 Å². The summed E-state index contributed by atoms with van der Waals surface area (Å²) in [6, 6.07) is 8.64. The molecule has 1 atom stereocenters. The quantitative estimate of drug-likeness (QED) is 0.823. The lowest BCUT2D eigenvalue weighted by Crippen LogP contribution is -2.48. The molecule has 1 fully saturated rings. The molecule has 6 heteroatoms. The summed E-state index contributed by atoms with van der Waals surface area (Å²) in [6.07, 6.45) is 3.78. The third-order valence-corrected chi connectivity index (χ3v) is 5.41. The van der Waals surface area contributed by atoms with E-state index in [2.05, 4.69) is 46.8 Å². The molecule has 2 N–H and O–H groups in total. The molecule has 0 aliphatic carbocycles. The van der Waals surface area contributed by atoms with Gasteiger partial charge in [-0.1, -0.05) is 38.1 Å². The second kappa shape index (κ2) is 8.60. The Morgan fingerprint density at radius 1 is 1.42 bits per heavy atom. The number of aryl methyl sites for hydroxylation is 1. The van der Waals surface area contributed by atoms with Crippen LogP contribution in [-0.2, 0) is 17.6 Å². The van der Waals surface area contributed by atoms with E-state index in [-0.39, 0.29) is 24.2 Å². The fourth-order valence-electron chi connectivity index (χ4n) is 2.71. The molecule has 2 aromatic rings. The minimum absolute atomic E-state index is 0. The summed E-state index contributed by atoms with van der Waals surface area (Å²) in [7, 11) is 0. The molecule has 0 radical (unpaired) electrons. The highest BCUT2D eigenvalue weighted by atomic mass is 35.5. The number of anilines is 1. The molecule has 1 aliphatic heterocycles. The number of nitrogens with zero attached hydrogens (tertiary/aromatic N) is 1. The largest absolute Gasteiger partial charge is 0.316 e. The lowest BCUT2D eigenvalue weighted by molar-refractivity contribution is -0.121. The first-order chi connectivity index (χ1) is 11.2. The fraction of sp³-hybridized carbons (Fsp3) is 0.444. The first-order valence-corrected chi connectivity index (χ1v) is 9.01. The van der Waals surface area contributed by atoms with Crippen molar-refractivity contribution in [3.63, 3.8) is 0 Å². The molecule has 1 unspecified atom stereocenters. The highest BCUT2D eigenvalue weighted by molar-refractivity contribution is 7.15. The molecule has 4 nitrogen and oxygen atoms in total. The number of benzene rings is 1. The molecule has 2 heterocycles. The van der Waals surface area contributed by atoms with Crippen molar-refractivity contribution in [2.24, 2.45) is 11.8 Å². The Bertz CT molecular complexity index is 684. The van der Waals surface area contributed by atoms with Crippen molar-refractivity contribution in [1.29, 1.82) is 0 Å². The second-order valence-corrected chi connectivity index (χ2v) is 7.29. The Morgan fingerprint density at radius 3 is 2.83 bits per heavy atom. The van der Waals surface area contributed by atoms with Crippen LogP contribution in [0.25, 0.3) is 0 Å². The maximum atomic E-state index is 12.2.